The van der Waals surface area contributed by atoms with Crippen LogP contribution in [0, 0.1) is 0 Å². The fourth-order valence-electron chi connectivity index (χ4n) is 6.88. The minimum Gasteiger partial charge on any atom is -0.442 e. The number of carbonyl (C=O) groups excluding carboxylic acids is 2. The Balaban J connectivity index is 0.000000285. The van der Waals surface area contributed by atoms with Gasteiger partial charge in [-0.25, -0.2) is 9.59 Å². The quantitative estimate of drug-likeness (QED) is 0.280. The van der Waals surface area contributed by atoms with Crippen molar-refractivity contribution < 1.29 is 28.9 Å². The van der Waals surface area contributed by atoms with Crippen LogP contribution in [0.4, 0.5) is 9.59 Å². The Kier molecular flexibility index (Phi) is 14.7. The van der Waals surface area contributed by atoms with Crippen LogP contribution in [0.25, 0.3) is 0 Å². The van der Waals surface area contributed by atoms with Crippen LogP contribution >= 0.6 is 27.0 Å². The standard InChI is InChI=1S/C28H30N2O3.C9H16N2O3.2H2S/c31-27-30(22-29-18-10-11-19-29)20-26(33-27)21-32-28(23-12-4-1-5-13-23,24-14-6-2-7-15-24)25-16-8-3-9-17-25;12-6-8-5-11(9(13)14-8)7-10-3-1-2-4-10;;/h1-9,12-17,26H,10-11,18-22H2;8,12H,1-7H2;2*1H2/t26-;8-;;/m00../s1. The molecule has 0 bridgehead atoms. The summed E-state index contributed by atoms with van der Waals surface area (Å²) in [6, 6.07) is 30.8. The number of amides is 2. The molecule has 266 valence electrons. The van der Waals surface area contributed by atoms with Gasteiger partial charge in [-0.3, -0.25) is 19.6 Å². The SMILES string of the molecule is O=C1O[C@H](CO)CN1CN1CCCC1.O=C1O[C@H](COC(c2ccccc2)(c2ccccc2)c2ccccc2)CN1CN1CCCC1.S.S. The summed E-state index contributed by atoms with van der Waals surface area (Å²) >= 11 is 0. The van der Waals surface area contributed by atoms with E-state index >= 15 is 0 Å². The Morgan fingerprint density at radius 1 is 0.612 bits per heavy atom. The molecule has 49 heavy (non-hydrogen) atoms. The van der Waals surface area contributed by atoms with Gasteiger partial charge in [0.1, 0.15) is 17.8 Å². The van der Waals surface area contributed by atoms with E-state index in [2.05, 4.69) is 46.2 Å². The molecule has 3 aromatic carbocycles. The van der Waals surface area contributed by atoms with Crippen molar-refractivity contribution in [2.45, 2.75) is 43.5 Å². The maximum Gasteiger partial charge on any atom is 0.411 e. The Morgan fingerprint density at radius 3 is 1.35 bits per heavy atom. The lowest BCUT2D eigenvalue weighted by Crippen LogP contribution is -2.38. The van der Waals surface area contributed by atoms with Gasteiger partial charge >= 0.3 is 12.2 Å². The van der Waals surface area contributed by atoms with E-state index in [1.165, 1.54) is 25.7 Å². The highest BCUT2D eigenvalue weighted by atomic mass is 32.1. The molecule has 7 rings (SSSR count). The molecule has 4 fully saturated rings. The van der Waals surface area contributed by atoms with Crippen LogP contribution in [-0.2, 0) is 19.8 Å². The molecule has 0 spiro atoms. The number of hydrogen-bond acceptors (Lipinski definition) is 8. The molecule has 0 aromatic heterocycles. The second-order valence-corrected chi connectivity index (χ2v) is 12.7. The number of cyclic esters (lactones) is 2. The zero-order valence-electron chi connectivity index (χ0n) is 28.0. The summed E-state index contributed by atoms with van der Waals surface area (Å²) in [5.74, 6) is 0. The Bertz CT molecular complexity index is 1330. The monoisotopic (exact) mass is 710 g/mol. The third-order valence-corrected chi connectivity index (χ3v) is 9.27. The first-order valence-electron chi connectivity index (χ1n) is 16.8. The molecule has 4 heterocycles. The number of rotatable bonds is 11. The van der Waals surface area contributed by atoms with E-state index in [9.17, 15) is 9.59 Å². The van der Waals surface area contributed by atoms with Crippen LogP contribution in [0.2, 0.25) is 0 Å². The molecule has 2 atom stereocenters. The number of aliphatic hydroxyl groups is 1. The van der Waals surface area contributed by atoms with Crippen LogP contribution in [0.15, 0.2) is 91.0 Å². The zero-order chi connectivity index (χ0) is 32.5. The molecule has 0 unspecified atom stereocenters. The van der Waals surface area contributed by atoms with Crippen molar-refractivity contribution in [1.82, 2.24) is 19.6 Å². The maximum atomic E-state index is 12.5. The van der Waals surface area contributed by atoms with Gasteiger partial charge in [-0.05, 0) is 68.6 Å². The highest BCUT2D eigenvalue weighted by Crippen LogP contribution is 2.40. The molecule has 0 aliphatic carbocycles. The normalized spacial score (nSPS) is 21.0. The number of carbonyl (C=O) groups is 2. The highest BCUT2D eigenvalue weighted by molar-refractivity contribution is 7.59. The van der Waals surface area contributed by atoms with E-state index in [1.807, 2.05) is 54.6 Å². The molecular weight excluding hydrogens is 661 g/mol. The van der Waals surface area contributed by atoms with Crippen molar-refractivity contribution in [2.24, 2.45) is 0 Å². The number of nitrogens with zero attached hydrogens (tertiary/aromatic N) is 4. The molecule has 10 nitrogen and oxygen atoms in total. The van der Waals surface area contributed by atoms with E-state index in [1.54, 1.807) is 9.80 Å². The highest BCUT2D eigenvalue weighted by Gasteiger charge is 2.40. The van der Waals surface area contributed by atoms with Crippen molar-refractivity contribution in [1.29, 1.82) is 0 Å². The topological polar surface area (TPSA) is 95.0 Å². The first-order valence-corrected chi connectivity index (χ1v) is 16.8. The van der Waals surface area contributed by atoms with E-state index in [0.717, 1.165) is 42.9 Å². The number of ether oxygens (including phenoxy) is 3. The van der Waals surface area contributed by atoms with Crippen LogP contribution in [0.5, 0.6) is 0 Å². The lowest BCUT2D eigenvalue weighted by atomic mass is 9.80. The number of likely N-dealkylation sites (tertiary alicyclic amines) is 2. The van der Waals surface area contributed by atoms with Crippen LogP contribution in [0.1, 0.15) is 42.4 Å². The molecule has 4 aliphatic heterocycles. The fraction of sp³-hybridized carbons (Fsp3) is 0.459. The minimum absolute atomic E-state index is 0. The van der Waals surface area contributed by atoms with Crippen molar-refractivity contribution in [2.75, 3.05) is 65.8 Å². The number of hydrogen-bond donors (Lipinski definition) is 1. The molecule has 0 saturated carbocycles. The maximum absolute atomic E-state index is 12.5. The van der Waals surface area contributed by atoms with E-state index in [-0.39, 0.29) is 58.0 Å². The van der Waals surface area contributed by atoms with Crippen molar-refractivity contribution in [3.05, 3.63) is 108 Å². The molecule has 4 aliphatic rings. The lowest BCUT2D eigenvalue weighted by molar-refractivity contribution is -0.0298. The predicted molar refractivity (Wildman–Crippen MR) is 198 cm³/mol. The van der Waals surface area contributed by atoms with Gasteiger partial charge in [0, 0.05) is 0 Å². The first-order chi connectivity index (χ1) is 23.0. The van der Waals surface area contributed by atoms with E-state index in [0.29, 0.717) is 33.0 Å². The summed E-state index contributed by atoms with van der Waals surface area (Å²) in [5, 5.41) is 8.84. The van der Waals surface area contributed by atoms with Gasteiger partial charge in [0.15, 0.2) is 0 Å². The van der Waals surface area contributed by atoms with Gasteiger partial charge in [0.2, 0.25) is 0 Å². The predicted octanol–water partition coefficient (Wildman–Crippen LogP) is 4.95. The summed E-state index contributed by atoms with van der Waals surface area (Å²) in [7, 11) is 0. The Hall–Kier alpha value is -3.26. The van der Waals surface area contributed by atoms with E-state index in [4.69, 9.17) is 19.3 Å². The summed E-state index contributed by atoms with van der Waals surface area (Å²) in [6.07, 6.45) is 3.64. The number of aliphatic hydroxyl groups excluding tert-OH is 1. The molecule has 12 heteroatoms. The van der Waals surface area contributed by atoms with Gasteiger partial charge in [-0.15, -0.1) is 0 Å². The third kappa shape index (κ3) is 9.50. The first kappa shape index (κ1) is 38.5. The Morgan fingerprint density at radius 2 is 0.980 bits per heavy atom. The van der Waals surface area contributed by atoms with Gasteiger partial charge in [0.25, 0.3) is 0 Å². The average molecular weight is 711 g/mol. The summed E-state index contributed by atoms with van der Waals surface area (Å²) in [6.45, 7) is 6.79. The summed E-state index contributed by atoms with van der Waals surface area (Å²) in [4.78, 5) is 31.8. The minimum atomic E-state index is -0.807. The van der Waals surface area contributed by atoms with Gasteiger partial charge in [0.05, 0.1) is 39.6 Å². The summed E-state index contributed by atoms with van der Waals surface area (Å²) in [5.41, 5.74) is 2.32. The molecule has 4 saturated heterocycles. The Labute approximate surface area is 303 Å². The fourth-order valence-corrected chi connectivity index (χ4v) is 6.88. The molecular formula is C37H50N4O6S2. The molecule has 3 aromatic rings. The summed E-state index contributed by atoms with van der Waals surface area (Å²) < 4.78 is 17.5. The van der Waals surface area contributed by atoms with Gasteiger partial charge in [-0.2, -0.15) is 27.0 Å². The van der Waals surface area contributed by atoms with Crippen molar-refractivity contribution in [3.63, 3.8) is 0 Å². The van der Waals surface area contributed by atoms with Gasteiger partial charge in [-0.1, -0.05) is 91.0 Å². The van der Waals surface area contributed by atoms with Crippen LogP contribution in [0.3, 0.4) is 0 Å². The molecule has 0 radical (unpaired) electrons. The number of benzene rings is 3. The van der Waals surface area contributed by atoms with Gasteiger partial charge < -0.3 is 19.3 Å². The molecule has 1 N–H and O–H groups in total. The van der Waals surface area contributed by atoms with E-state index < -0.39 is 5.60 Å². The zero-order valence-corrected chi connectivity index (χ0v) is 30.0. The lowest BCUT2D eigenvalue weighted by Gasteiger charge is -2.36. The van der Waals surface area contributed by atoms with Crippen LogP contribution in [-0.4, -0.2) is 115 Å². The smallest absolute Gasteiger partial charge is 0.411 e. The van der Waals surface area contributed by atoms with Crippen LogP contribution < -0.4 is 0 Å². The van der Waals surface area contributed by atoms with Crippen molar-refractivity contribution in [3.8, 4) is 0 Å². The largest absolute Gasteiger partial charge is 0.442 e. The second kappa shape index (κ2) is 18.7. The molecule has 2 amide bonds. The second-order valence-electron chi connectivity index (χ2n) is 12.7. The average Bonchev–Trinajstić information content (AvgIpc) is 3.94. The third-order valence-electron chi connectivity index (χ3n) is 9.27. The van der Waals surface area contributed by atoms with Crippen molar-refractivity contribution >= 4 is 39.2 Å².